The van der Waals surface area contributed by atoms with Gasteiger partial charge in [0.05, 0.1) is 6.26 Å². The average Bonchev–Trinajstić information content (AvgIpc) is 1.86. The highest BCUT2D eigenvalue weighted by molar-refractivity contribution is 7.88. The number of rotatable bonds is 1. The van der Waals surface area contributed by atoms with Crippen LogP contribution in [0.2, 0.25) is 0 Å². The molecule has 64 valence electrons. The van der Waals surface area contributed by atoms with Gasteiger partial charge in [0.1, 0.15) is 0 Å². The first kappa shape index (κ1) is 8.96. The van der Waals surface area contributed by atoms with Crippen LogP contribution in [0.5, 0.6) is 0 Å². The van der Waals surface area contributed by atoms with Crippen LogP contribution in [0.1, 0.15) is 0 Å². The molecule has 0 aromatic rings. The van der Waals surface area contributed by atoms with Crippen LogP contribution in [0.25, 0.3) is 0 Å². The van der Waals surface area contributed by atoms with Gasteiger partial charge in [-0.3, -0.25) is 4.90 Å². The molecular formula is C6H12N2O2S. The van der Waals surface area contributed by atoms with Crippen LogP contribution in [-0.2, 0) is 10.0 Å². The molecule has 0 spiro atoms. The van der Waals surface area contributed by atoms with Gasteiger partial charge in [0.15, 0.2) is 0 Å². The van der Waals surface area contributed by atoms with Gasteiger partial charge in [-0.25, -0.2) is 8.42 Å². The maximum absolute atomic E-state index is 11.0. The predicted molar refractivity (Wildman–Crippen MR) is 42.3 cm³/mol. The zero-order valence-electron chi connectivity index (χ0n) is 6.52. The van der Waals surface area contributed by atoms with E-state index in [1.54, 1.807) is 4.90 Å². The van der Waals surface area contributed by atoms with E-state index < -0.39 is 10.0 Å². The highest BCUT2D eigenvalue weighted by Gasteiger charge is 2.20. The minimum Gasteiger partial charge on any atom is -0.295 e. The topological polar surface area (TPSA) is 40.6 Å². The summed E-state index contributed by atoms with van der Waals surface area (Å²) >= 11 is 0. The Labute approximate surface area is 67.8 Å². The number of hydrogen-bond donors (Lipinski definition) is 0. The van der Waals surface area contributed by atoms with Crippen molar-refractivity contribution in [2.24, 2.45) is 0 Å². The summed E-state index contributed by atoms with van der Waals surface area (Å²) in [5.41, 5.74) is 0. The molecular weight excluding hydrogens is 164 g/mol. The van der Waals surface area contributed by atoms with E-state index in [-0.39, 0.29) is 0 Å². The fourth-order valence-electron chi connectivity index (χ4n) is 1.04. The normalized spacial score (nSPS) is 23.8. The highest BCUT2D eigenvalue weighted by Crippen LogP contribution is 2.03. The van der Waals surface area contributed by atoms with E-state index in [1.807, 2.05) is 0 Å². The predicted octanol–water partition coefficient (Wildman–Crippen LogP) is -0.768. The lowest BCUT2D eigenvalue weighted by molar-refractivity contribution is 0.242. The number of piperazine rings is 1. The van der Waals surface area contributed by atoms with Gasteiger partial charge in [-0.1, -0.05) is 0 Å². The van der Waals surface area contributed by atoms with Gasteiger partial charge in [-0.15, -0.1) is 0 Å². The standard InChI is InChI=1S/C6H12N2O2S/c1-7-3-5-8(6-4-7)11(2,9)10/h1H,3-6H2,2H3. The molecule has 1 rings (SSSR count). The first-order valence-electron chi connectivity index (χ1n) is 3.45. The molecule has 0 bridgehead atoms. The summed E-state index contributed by atoms with van der Waals surface area (Å²) in [5.74, 6) is 0. The summed E-state index contributed by atoms with van der Waals surface area (Å²) < 4.78 is 23.4. The molecule has 0 aliphatic carbocycles. The molecule has 0 N–H and O–H groups in total. The zero-order valence-corrected chi connectivity index (χ0v) is 7.34. The van der Waals surface area contributed by atoms with Gasteiger partial charge >= 0.3 is 0 Å². The molecule has 1 fully saturated rings. The van der Waals surface area contributed by atoms with Gasteiger partial charge in [-0.2, -0.15) is 4.31 Å². The molecule has 1 heterocycles. The average molecular weight is 176 g/mol. The van der Waals surface area contributed by atoms with Crippen LogP contribution in [0.15, 0.2) is 0 Å². The Balaban J connectivity index is 2.53. The van der Waals surface area contributed by atoms with Gasteiger partial charge in [-0.05, 0) is 0 Å². The Morgan fingerprint density at radius 1 is 1.18 bits per heavy atom. The van der Waals surface area contributed by atoms with E-state index in [9.17, 15) is 8.42 Å². The third kappa shape index (κ3) is 2.43. The SMILES string of the molecule is [CH]N1CCN(S(C)(=O)=O)CC1. The van der Waals surface area contributed by atoms with Crippen molar-refractivity contribution >= 4 is 10.0 Å². The van der Waals surface area contributed by atoms with Crippen molar-refractivity contribution in [2.75, 3.05) is 32.4 Å². The Bertz CT molecular complexity index is 217. The fourth-order valence-corrected chi connectivity index (χ4v) is 1.86. The van der Waals surface area contributed by atoms with E-state index >= 15 is 0 Å². The molecule has 0 aromatic heterocycles. The van der Waals surface area contributed by atoms with Gasteiger partial charge < -0.3 is 0 Å². The van der Waals surface area contributed by atoms with Crippen molar-refractivity contribution in [1.82, 2.24) is 9.21 Å². The van der Waals surface area contributed by atoms with Crippen molar-refractivity contribution in [3.05, 3.63) is 7.05 Å². The van der Waals surface area contributed by atoms with Crippen LogP contribution in [0.4, 0.5) is 0 Å². The van der Waals surface area contributed by atoms with Crippen LogP contribution in [-0.4, -0.2) is 50.1 Å². The van der Waals surface area contributed by atoms with E-state index in [0.717, 1.165) is 0 Å². The molecule has 0 amide bonds. The van der Waals surface area contributed by atoms with Crippen LogP contribution in [0.3, 0.4) is 0 Å². The molecule has 1 saturated heterocycles. The Kier molecular flexibility index (Phi) is 2.51. The lowest BCUT2D eigenvalue weighted by Gasteiger charge is -2.29. The Hall–Kier alpha value is -0.130. The molecule has 2 radical (unpaired) electrons. The Morgan fingerprint density at radius 3 is 2.00 bits per heavy atom. The van der Waals surface area contributed by atoms with Crippen LogP contribution in [0, 0.1) is 7.05 Å². The molecule has 1 aliphatic rings. The van der Waals surface area contributed by atoms with Gasteiger partial charge in [0, 0.05) is 33.2 Å². The number of sulfonamides is 1. The Morgan fingerprint density at radius 2 is 1.64 bits per heavy atom. The monoisotopic (exact) mass is 176 g/mol. The van der Waals surface area contributed by atoms with E-state index in [0.29, 0.717) is 26.2 Å². The van der Waals surface area contributed by atoms with E-state index in [4.69, 9.17) is 7.05 Å². The minimum atomic E-state index is -3.00. The maximum atomic E-state index is 11.0. The smallest absolute Gasteiger partial charge is 0.211 e. The zero-order chi connectivity index (χ0) is 8.48. The fraction of sp³-hybridized carbons (Fsp3) is 0.833. The first-order valence-corrected chi connectivity index (χ1v) is 5.30. The number of hydrogen-bond acceptors (Lipinski definition) is 3. The highest BCUT2D eigenvalue weighted by atomic mass is 32.2. The molecule has 4 nitrogen and oxygen atoms in total. The minimum absolute atomic E-state index is 0.509. The van der Waals surface area contributed by atoms with Crippen molar-refractivity contribution in [3.63, 3.8) is 0 Å². The maximum Gasteiger partial charge on any atom is 0.211 e. The second-order valence-corrected chi connectivity index (χ2v) is 4.68. The third-order valence-corrected chi connectivity index (χ3v) is 3.05. The summed E-state index contributed by atoms with van der Waals surface area (Å²) in [6, 6.07) is 0. The van der Waals surface area contributed by atoms with Crippen LogP contribution < -0.4 is 0 Å². The summed E-state index contributed by atoms with van der Waals surface area (Å²) in [6.45, 7) is 2.25. The molecule has 0 unspecified atom stereocenters. The first-order chi connectivity index (χ1) is 5.00. The molecule has 0 saturated carbocycles. The summed E-state index contributed by atoms with van der Waals surface area (Å²) in [5, 5.41) is 0. The number of nitrogens with zero attached hydrogens (tertiary/aromatic N) is 2. The van der Waals surface area contributed by atoms with Crippen LogP contribution >= 0.6 is 0 Å². The lowest BCUT2D eigenvalue weighted by atomic mass is 10.4. The third-order valence-electron chi connectivity index (χ3n) is 1.74. The molecule has 11 heavy (non-hydrogen) atoms. The second-order valence-electron chi connectivity index (χ2n) is 2.70. The molecule has 0 atom stereocenters. The van der Waals surface area contributed by atoms with Crippen molar-refractivity contribution < 1.29 is 8.42 Å². The van der Waals surface area contributed by atoms with Gasteiger partial charge in [0.2, 0.25) is 10.0 Å². The van der Waals surface area contributed by atoms with Crippen molar-refractivity contribution in [1.29, 1.82) is 0 Å². The summed E-state index contributed by atoms with van der Waals surface area (Å²) in [7, 11) is 2.45. The van der Waals surface area contributed by atoms with Gasteiger partial charge in [0.25, 0.3) is 0 Å². The quantitative estimate of drug-likeness (QED) is 0.527. The largest absolute Gasteiger partial charge is 0.295 e. The summed E-state index contributed by atoms with van der Waals surface area (Å²) in [4.78, 5) is 1.63. The van der Waals surface area contributed by atoms with E-state index in [1.165, 1.54) is 10.6 Å². The molecule has 1 aliphatic heterocycles. The second kappa shape index (κ2) is 3.08. The van der Waals surface area contributed by atoms with Crippen molar-refractivity contribution in [3.8, 4) is 0 Å². The molecule has 5 heteroatoms. The van der Waals surface area contributed by atoms with Crippen molar-refractivity contribution in [2.45, 2.75) is 0 Å². The molecule has 0 aromatic carbocycles. The summed E-state index contributed by atoms with van der Waals surface area (Å²) in [6.07, 6.45) is 1.22. The van der Waals surface area contributed by atoms with E-state index in [2.05, 4.69) is 0 Å². The lowest BCUT2D eigenvalue weighted by Crippen LogP contribution is -2.45.